The Balaban J connectivity index is 0.000000162. The highest BCUT2D eigenvalue weighted by atomic mass is 19.4. The maximum Gasteiger partial charge on any atom is 0.420 e. The lowest BCUT2D eigenvalue weighted by Crippen LogP contribution is -2.36. The van der Waals surface area contributed by atoms with Crippen LogP contribution in [-0.4, -0.2) is 204 Å². The Morgan fingerprint density at radius 2 is 0.851 bits per heavy atom. The molecular formula is C75H91F3N26O10. The molecule has 0 unspecified atom stereocenters. The Kier molecular flexibility index (Phi) is 29.7. The van der Waals surface area contributed by atoms with Crippen LogP contribution in [0.15, 0.2) is 158 Å². The van der Waals surface area contributed by atoms with Crippen molar-refractivity contribution in [2.45, 2.75) is 39.3 Å². The molecule has 1 aliphatic rings. The van der Waals surface area contributed by atoms with Gasteiger partial charge in [0.15, 0.2) is 57.8 Å². The van der Waals surface area contributed by atoms with Gasteiger partial charge in [0.05, 0.1) is 93.1 Å². The number of benzene rings is 4. The number of nitrogens with zero attached hydrogens (tertiary/aromatic N) is 18. The number of nitrogens with one attached hydrogen (secondary N) is 4. The van der Waals surface area contributed by atoms with Crippen LogP contribution < -0.4 is 86.8 Å². The number of anilines is 12. The molecule has 12 aromatic rings. The zero-order valence-electron chi connectivity index (χ0n) is 64.3. The minimum Gasteiger partial charge on any atom is -0.497 e. The summed E-state index contributed by atoms with van der Waals surface area (Å²) < 4.78 is 99.6. The number of alkyl halides is 3. The topological polar surface area (TPSA) is 425 Å². The van der Waals surface area contributed by atoms with Crippen molar-refractivity contribution >= 4 is 70.3 Å². The van der Waals surface area contributed by atoms with E-state index in [1.807, 2.05) is 84.9 Å². The van der Waals surface area contributed by atoms with Crippen molar-refractivity contribution in [3.8, 4) is 75.0 Å². The summed E-state index contributed by atoms with van der Waals surface area (Å²) in [5.74, 6) is 7.93. The molecule has 12 N–H and O–H groups in total. The molecule has 0 amide bonds. The Hall–Kier alpha value is -13.7. The number of aromatic nitrogens is 16. The zero-order valence-corrected chi connectivity index (χ0v) is 64.3. The van der Waals surface area contributed by atoms with Crippen LogP contribution in [0.1, 0.15) is 38.7 Å². The third-order valence-electron chi connectivity index (χ3n) is 16.8. The first-order chi connectivity index (χ1) is 55.3. The summed E-state index contributed by atoms with van der Waals surface area (Å²) in [6.45, 7) is 13.5. The van der Waals surface area contributed by atoms with Gasteiger partial charge in [-0.2, -0.15) is 51.8 Å². The number of hydrogen-bond donors (Lipinski definition) is 8. The van der Waals surface area contributed by atoms with Crippen molar-refractivity contribution in [2.75, 3.05) is 160 Å². The molecule has 13 rings (SSSR count). The zero-order chi connectivity index (χ0) is 80.9. The Morgan fingerprint density at radius 1 is 0.430 bits per heavy atom. The molecule has 4 aromatic carbocycles. The van der Waals surface area contributed by atoms with E-state index in [-0.39, 0.29) is 52.9 Å². The molecule has 9 heterocycles. The molecule has 0 aliphatic carbocycles. The number of morpholine rings is 1. The summed E-state index contributed by atoms with van der Waals surface area (Å²) in [4.78, 5) is 38.3. The van der Waals surface area contributed by atoms with Crippen molar-refractivity contribution < 1.29 is 60.5 Å². The van der Waals surface area contributed by atoms with Crippen molar-refractivity contribution in [1.29, 1.82) is 0 Å². The van der Waals surface area contributed by atoms with Crippen LogP contribution in [0.4, 0.5) is 83.5 Å². The number of methoxy groups -OCH3 is 7. The first kappa shape index (κ1) is 82.8. The number of unbranched alkanes of at least 4 members (excludes halogenated alkanes) is 1. The molecule has 602 valence electrons. The van der Waals surface area contributed by atoms with E-state index in [1.54, 1.807) is 96.7 Å². The predicted molar refractivity (Wildman–Crippen MR) is 424 cm³/mol. The molecule has 0 atom stereocenters. The molecule has 1 saturated heterocycles. The number of pyridine rings is 4. The van der Waals surface area contributed by atoms with Crippen molar-refractivity contribution in [3.05, 3.63) is 164 Å². The maximum atomic E-state index is 13.3. The van der Waals surface area contributed by atoms with Gasteiger partial charge >= 0.3 is 6.18 Å². The highest BCUT2D eigenvalue weighted by molar-refractivity contribution is 5.71. The lowest BCUT2D eigenvalue weighted by Gasteiger charge is -2.26. The number of rotatable bonds is 32. The summed E-state index contributed by atoms with van der Waals surface area (Å²) in [6.07, 6.45) is 4.96. The molecule has 1 aliphatic heterocycles. The highest BCUT2D eigenvalue weighted by Gasteiger charge is 2.36. The average Bonchev–Trinajstić information content (AvgIpc) is 1.74. The molecule has 8 aromatic heterocycles. The second-order valence-corrected chi connectivity index (χ2v) is 24.2. The molecule has 0 bridgehead atoms. The van der Waals surface area contributed by atoms with Gasteiger partial charge in [-0.25, -0.2) is 19.9 Å². The first-order valence-electron chi connectivity index (χ1n) is 35.8. The minimum absolute atomic E-state index is 0.00351. The molecule has 114 heavy (non-hydrogen) atoms. The molecule has 1 fully saturated rings. The van der Waals surface area contributed by atoms with Crippen LogP contribution in [0.2, 0.25) is 0 Å². The van der Waals surface area contributed by atoms with Gasteiger partial charge < -0.3 is 96.5 Å². The number of nitrogen functional groups attached to an aromatic ring is 4. The van der Waals surface area contributed by atoms with Gasteiger partial charge in [-0.15, -0.1) is 20.4 Å². The number of nitrogens with two attached hydrogens (primary N) is 4. The third kappa shape index (κ3) is 22.5. The normalized spacial score (nSPS) is 11.8. The van der Waals surface area contributed by atoms with Gasteiger partial charge in [0.1, 0.15) is 17.2 Å². The van der Waals surface area contributed by atoms with Crippen molar-refractivity contribution in [3.63, 3.8) is 0 Å². The monoisotopic (exact) mass is 1570 g/mol. The van der Waals surface area contributed by atoms with Crippen LogP contribution in [0.3, 0.4) is 0 Å². The van der Waals surface area contributed by atoms with Crippen LogP contribution >= 0.6 is 0 Å². The van der Waals surface area contributed by atoms with Gasteiger partial charge in [0.25, 0.3) is 0 Å². The van der Waals surface area contributed by atoms with Gasteiger partial charge in [0.2, 0.25) is 47.6 Å². The van der Waals surface area contributed by atoms with Crippen LogP contribution in [0.5, 0.6) is 51.7 Å². The van der Waals surface area contributed by atoms with E-state index >= 15 is 0 Å². The lowest BCUT2D eigenvalue weighted by atomic mass is 10.1. The van der Waals surface area contributed by atoms with E-state index in [0.717, 1.165) is 102 Å². The standard InChI is InChI=1S/C22H29N7O3.C21H29N7O2.C16H15F3N6O2.C16H18N6O3/c1-30-19-16-17(25-22-26-21(23)29(27-22)20-6-2-3-9-24-20)7-8-18(19)32-13-5-4-10-28-11-14-31-15-12-28;1-4-27(5-2)13-8-14-30-17-11-10-16(15-18(17)29-3)24-21-25-20(22)28(26-21)19-9-6-7-12-23-19;1-26-11-8-12(27-2)10(7-9(11)16(17,18)19)22-15-23-14(20)25(24-15)13-5-3-4-6-21-13;1-23-10-8-11(14(25-3)12(9-10)24-2)19-16-20-15(17)22(21-16)13-6-4-5-7-18-13/h2-3,6-9,16H,4-5,10-15H2,1H3,(H3,23,25,26,27);6-7,9-12,15H,4-5,8,13-14H2,1-3H3,(H3,22,24,25,26);3-8H,1-2H3,(H3,20,22,23,24);4-9H,1-3H3,(H3,17,19,20,21). The van der Waals surface area contributed by atoms with Crippen LogP contribution in [0, 0.1) is 0 Å². The fourth-order valence-corrected chi connectivity index (χ4v) is 11.1. The number of halogens is 3. The Morgan fingerprint density at radius 3 is 1.24 bits per heavy atom. The molecule has 0 spiro atoms. The molecule has 36 nitrogen and oxygen atoms in total. The summed E-state index contributed by atoms with van der Waals surface area (Å²) in [6, 6.07) is 38.2. The lowest BCUT2D eigenvalue weighted by molar-refractivity contribution is -0.138. The van der Waals surface area contributed by atoms with E-state index in [2.05, 4.69) is 105 Å². The smallest absolute Gasteiger partial charge is 0.420 e. The van der Waals surface area contributed by atoms with Gasteiger partial charge in [-0.3, -0.25) is 4.90 Å². The second kappa shape index (κ2) is 40.8. The van der Waals surface area contributed by atoms with E-state index in [9.17, 15) is 13.2 Å². The van der Waals surface area contributed by atoms with Crippen LogP contribution in [0.25, 0.3) is 23.3 Å². The Bertz CT molecular complexity index is 4960. The predicted octanol–water partition coefficient (Wildman–Crippen LogP) is 10.6. The molecule has 0 radical (unpaired) electrons. The van der Waals surface area contributed by atoms with Crippen LogP contribution in [-0.2, 0) is 10.9 Å². The second-order valence-electron chi connectivity index (χ2n) is 24.2. The minimum atomic E-state index is -4.62. The summed E-state index contributed by atoms with van der Waals surface area (Å²) in [7, 11) is 10.4. The molecular weight excluding hydrogens is 1480 g/mol. The van der Waals surface area contributed by atoms with Gasteiger partial charge in [0, 0.05) is 86.1 Å². The Labute approximate surface area is 654 Å². The maximum absolute atomic E-state index is 13.3. The summed E-state index contributed by atoms with van der Waals surface area (Å²) in [5, 5.41) is 29.3. The fourth-order valence-electron chi connectivity index (χ4n) is 11.1. The van der Waals surface area contributed by atoms with E-state index in [1.165, 1.54) is 25.8 Å². The van der Waals surface area contributed by atoms with Crippen molar-refractivity contribution in [2.24, 2.45) is 0 Å². The summed E-state index contributed by atoms with van der Waals surface area (Å²) in [5.41, 5.74) is 24.9. The fraction of sp³-hybridized carbons (Fsp3) is 0.307. The number of hydrogen-bond acceptors (Lipinski definition) is 32. The van der Waals surface area contributed by atoms with E-state index in [4.69, 9.17) is 70.3 Å². The molecule has 39 heteroatoms. The third-order valence-corrected chi connectivity index (χ3v) is 16.8. The largest absolute Gasteiger partial charge is 0.497 e. The SMILES string of the molecule is CCN(CC)CCCOc1ccc(Nc2nc(N)n(-c3ccccn3)n2)cc1OC.COc1cc(Nc2nc(N)n(-c3ccccn3)n2)c(OC)c(OC)c1.COc1cc(Nc2nc(N)n(-c3ccccn3)n2)ccc1OCCCCN1CCOCC1.COc1cc(OC)c(C(F)(F)F)cc1Nc1nc(N)n(-c2ccccn2)n1. The van der Waals surface area contributed by atoms with Gasteiger partial charge in [-0.1, -0.05) is 38.1 Å². The highest BCUT2D eigenvalue weighted by Crippen LogP contribution is 2.44. The summed E-state index contributed by atoms with van der Waals surface area (Å²) >= 11 is 0. The quantitative estimate of drug-likeness (QED) is 0.0182. The van der Waals surface area contributed by atoms with Gasteiger partial charge in [-0.05, 0) is 118 Å². The number of ether oxygens (including phenoxy) is 10. The molecule has 0 saturated carbocycles. The van der Waals surface area contributed by atoms with Crippen molar-refractivity contribution in [1.82, 2.24) is 88.8 Å². The van der Waals surface area contributed by atoms with E-state index < -0.39 is 11.7 Å². The first-order valence-corrected chi connectivity index (χ1v) is 35.8. The van der Waals surface area contributed by atoms with E-state index in [0.29, 0.717) is 94.3 Å². The average molecular weight is 1570 g/mol.